The molecule has 1 aliphatic rings. The van der Waals surface area contributed by atoms with Crippen molar-refractivity contribution in [1.82, 2.24) is 0 Å². The van der Waals surface area contributed by atoms with Crippen LogP contribution < -0.4 is 0 Å². The maximum Gasteiger partial charge on any atom is 0.305 e. The number of hydrogen-bond acceptors (Lipinski definition) is 6. The summed E-state index contributed by atoms with van der Waals surface area (Å²) in [6.07, 6.45) is -2.23. The highest BCUT2D eigenvalue weighted by atomic mass is 16.7. The van der Waals surface area contributed by atoms with E-state index in [4.69, 9.17) is 19.7 Å². The summed E-state index contributed by atoms with van der Waals surface area (Å²) >= 11 is 0. The Morgan fingerprint density at radius 2 is 1.79 bits per heavy atom. The number of azide groups is 1. The minimum absolute atomic E-state index is 0.326. The van der Waals surface area contributed by atoms with Gasteiger partial charge in [-0.25, -0.2) is 0 Å². The van der Waals surface area contributed by atoms with E-state index in [1.54, 1.807) is 13.8 Å². The average molecular weight is 271 g/mol. The fourth-order valence-electron chi connectivity index (χ4n) is 2.11. The Morgan fingerprint density at radius 3 is 2.26 bits per heavy atom. The monoisotopic (exact) mass is 271 g/mol. The van der Waals surface area contributed by atoms with Gasteiger partial charge in [-0.05, 0) is 12.5 Å². The van der Waals surface area contributed by atoms with Gasteiger partial charge in [0.1, 0.15) is 0 Å². The molecular formula is C11H17N3O5. The summed E-state index contributed by atoms with van der Waals surface area (Å²) in [4.78, 5) is 24.9. The third kappa shape index (κ3) is 3.84. The maximum absolute atomic E-state index is 11.1. The molecule has 0 aromatic carbocycles. The molecule has 1 heterocycles. The lowest BCUT2D eigenvalue weighted by Gasteiger charge is -2.41. The summed E-state index contributed by atoms with van der Waals surface area (Å²) in [5, 5.41) is 3.64. The highest BCUT2D eigenvalue weighted by Gasteiger charge is 2.45. The van der Waals surface area contributed by atoms with Crippen molar-refractivity contribution in [2.75, 3.05) is 0 Å². The van der Waals surface area contributed by atoms with Crippen LogP contribution in [-0.4, -0.2) is 36.5 Å². The molecule has 0 N–H and O–H groups in total. The third-order valence-corrected chi connectivity index (χ3v) is 2.92. The lowest BCUT2D eigenvalue weighted by molar-refractivity contribution is -0.254. The van der Waals surface area contributed by atoms with Crippen LogP contribution in [0.1, 0.15) is 27.7 Å². The van der Waals surface area contributed by atoms with E-state index in [2.05, 4.69) is 10.0 Å². The highest BCUT2D eigenvalue weighted by molar-refractivity contribution is 5.67. The Hall–Kier alpha value is -1.79. The molecule has 1 rings (SSSR count). The minimum atomic E-state index is -0.989. The van der Waals surface area contributed by atoms with Crippen LogP contribution in [0.3, 0.4) is 0 Å². The molecule has 0 aliphatic carbocycles. The van der Waals surface area contributed by atoms with Crippen molar-refractivity contribution in [3.05, 3.63) is 10.4 Å². The SMILES string of the molecule is CC(=O)OC1OC(C)[C@@H](N=[N+]=[N-])[C@H](C)C1OC(C)=O. The van der Waals surface area contributed by atoms with Gasteiger partial charge in [-0.2, -0.15) is 0 Å². The van der Waals surface area contributed by atoms with Crippen molar-refractivity contribution in [1.29, 1.82) is 0 Å². The zero-order chi connectivity index (χ0) is 14.6. The van der Waals surface area contributed by atoms with Gasteiger partial charge in [0.2, 0.25) is 6.29 Å². The van der Waals surface area contributed by atoms with Gasteiger partial charge in [-0.3, -0.25) is 9.59 Å². The zero-order valence-corrected chi connectivity index (χ0v) is 11.3. The smallest absolute Gasteiger partial charge is 0.305 e. The largest absolute Gasteiger partial charge is 0.456 e. The summed E-state index contributed by atoms with van der Waals surface area (Å²) < 4.78 is 15.6. The number of carbonyl (C=O) groups excluding carboxylic acids is 2. The van der Waals surface area contributed by atoms with Crippen LogP contribution in [-0.2, 0) is 23.8 Å². The molecule has 0 aromatic heterocycles. The molecule has 0 amide bonds. The topological polar surface area (TPSA) is 111 Å². The van der Waals surface area contributed by atoms with E-state index < -0.39 is 36.5 Å². The summed E-state index contributed by atoms with van der Waals surface area (Å²) in [6, 6.07) is -0.499. The molecule has 0 radical (unpaired) electrons. The fourth-order valence-corrected chi connectivity index (χ4v) is 2.11. The lowest BCUT2D eigenvalue weighted by atomic mass is 9.89. The van der Waals surface area contributed by atoms with E-state index in [0.29, 0.717) is 0 Å². The first-order valence-corrected chi connectivity index (χ1v) is 5.91. The molecule has 5 atom stereocenters. The standard InChI is InChI=1S/C11H17N3O5/c1-5-9(13-14-12)6(2)17-11(19-8(4)16)10(5)18-7(3)15/h5-6,9-11H,1-4H3/t5-,6?,9-,10?,11?/m0/s1. The second-order valence-corrected chi connectivity index (χ2v) is 4.45. The number of esters is 2. The van der Waals surface area contributed by atoms with Gasteiger partial charge in [0.15, 0.2) is 6.10 Å². The van der Waals surface area contributed by atoms with Gasteiger partial charge in [0, 0.05) is 24.7 Å². The molecule has 106 valence electrons. The second-order valence-electron chi connectivity index (χ2n) is 4.45. The Balaban J connectivity index is 2.96. The van der Waals surface area contributed by atoms with Gasteiger partial charge in [0.05, 0.1) is 12.1 Å². The van der Waals surface area contributed by atoms with Crippen LogP contribution in [0.5, 0.6) is 0 Å². The summed E-state index contributed by atoms with van der Waals surface area (Å²) in [5.74, 6) is -1.39. The maximum atomic E-state index is 11.1. The van der Waals surface area contributed by atoms with Crippen molar-refractivity contribution in [2.45, 2.75) is 52.2 Å². The zero-order valence-electron chi connectivity index (χ0n) is 11.3. The van der Waals surface area contributed by atoms with Crippen molar-refractivity contribution < 1.29 is 23.8 Å². The Bertz CT molecular complexity index is 405. The molecule has 1 saturated heterocycles. The van der Waals surface area contributed by atoms with Crippen LogP contribution in [0.4, 0.5) is 0 Å². The Labute approximate surface area is 110 Å². The molecular weight excluding hydrogens is 254 g/mol. The Morgan fingerprint density at radius 1 is 1.21 bits per heavy atom. The van der Waals surface area contributed by atoms with Crippen molar-refractivity contribution >= 4 is 11.9 Å². The number of nitrogens with zero attached hydrogens (tertiary/aromatic N) is 3. The molecule has 3 unspecified atom stereocenters. The van der Waals surface area contributed by atoms with Crippen molar-refractivity contribution in [3.63, 3.8) is 0 Å². The summed E-state index contributed by atoms with van der Waals surface area (Å²) in [6.45, 7) is 5.94. The molecule has 8 heteroatoms. The molecule has 0 spiro atoms. The van der Waals surface area contributed by atoms with Crippen molar-refractivity contribution in [2.24, 2.45) is 11.0 Å². The number of hydrogen-bond donors (Lipinski definition) is 0. The highest BCUT2D eigenvalue weighted by Crippen LogP contribution is 2.31. The van der Waals surface area contributed by atoms with E-state index in [1.807, 2.05) is 0 Å². The van der Waals surface area contributed by atoms with Gasteiger partial charge >= 0.3 is 11.9 Å². The molecule has 0 bridgehead atoms. The van der Waals surface area contributed by atoms with Crippen LogP contribution in [0, 0.1) is 5.92 Å². The van der Waals surface area contributed by atoms with Crippen LogP contribution in [0.25, 0.3) is 10.4 Å². The Kier molecular flexibility index (Phi) is 5.14. The van der Waals surface area contributed by atoms with E-state index in [9.17, 15) is 9.59 Å². The average Bonchev–Trinajstić information content (AvgIpc) is 2.28. The first-order valence-electron chi connectivity index (χ1n) is 5.91. The van der Waals surface area contributed by atoms with E-state index in [1.165, 1.54) is 13.8 Å². The van der Waals surface area contributed by atoms with Crippen LogP contribution in [0.2, 0.25) is 0 Å². The predicted molar refractivity (Wildman–Crippen MR) is 63.8 cm³/mol. The van der Waals surface area contributed by atoms with Crippen LogP contribution in [0.15, 0.2) is 5.11 Å². The molecule has 8 nitrogen and oxygen atoms in total. The number of ether oxygens (including phenoxy) is 3. The van der Waals surface area contributed by atoms with E-state index in [0.717, 1.165) is 0 Å². The second kappa shape index (κ2) is 6.40. The first kappa shape index (κ1) is 15.3. The minimum Gasteiger partial charge on any atom is -0.456 e. The molecule has 1 aliphatic heterocycles. The lowest BCUT2D eigenvalue weighted by Crippen LogP contribution is -2.54. The summed E-state index contributed by atoms with van der Waals surface area (Å²) in [7, 11) is 0. The molecule has 0 saturated carbocycles. The van der Waals surface area contributed by atoms with Gasteiger partial charge in [-0.15, -0.1) is 0 Å². The van der Waals surface area contributed by atoms with Crippen LogP contribution >= 0.6 is 0 Å². The first-order chi connectivity index (χ1) is 8.86. The van der Waals surface area contributed by atoms with E-state index >= 15 is 0 Å². The third-order valence-electron chi connectivity index (χ3n) is 2.92. The number of carbonyl (C=O) groups is 2. The van der Waals surface area contributed by atoms with E-state index in [-0.39, 0.29) is 5.92 Å². The quantitative estimate of drug-likeness (QED) is 0.334. The molecule has 19 heavy (non-hydrogen) atoms. The normalized spacial score (nSPS) is 34.0. The molecule has 0 aromatic rings. The van der Waals surface area contributed by atoms with Gasteiger partial charge in [0.25, 0.3) is 0 Å². The fraction of sp³-hybridized carbons (Fsp3) is 0.818. The van der Waals surface area contributed by atoms with Gasteiger partial charge in [-0.1, -0.05) is 12.0 Å². The van der Waals surface area contributed by atoms with Gasteiger partial charge < -0.3 is 14.2 Å². The van der Waals surface area contributed by atoms with Crippen molar-refractivity contribution in [3.8, 4) is 0 Å². The predicted octanol–water partition coefficient (Wildman–Crippen LogP) is 1.54. The summed E-state index contributed by atoms with van der Waals surface area (Å²) in [5.41, 5.74) is 8.54. The molecule has 1 fully saturated rings. The number of rotatable bonds is 3.